The molecule has 8 nitrogen and oxygen atoms in total. The topological polar surface area (TPSA) is 92.1 Å². The monoisotopic (exact) mass is 396 g/mol. The summed E-state index contributed by atoms with van der Waals surface area (Å²) in [6.07, 6.45) is 0. The van der Waals surface area contributed by atoms with Gasteiger partial charge in [0.15, 0.2) is 28.8 Å². The second-order valence-corrected chi connectivity index (χ2v) is 6.26. The van der Waals surface area contributed by atoms with Gasteiger partial charge in [0.25, 0.3) is 5.91 Å². The van der Waals surface area contributed by atoms with Crippen molar-refractivity contribution in [2.45, 2.75) is 6.54 Å². The van der Waals surface area contributed by atoms with Crippen molar-refractivity contribution in [2.24, 2.45) is 0 Å². The molecule has 0 unspecified atom stereocenters. The van der Waals surface area contributed by atoms with E-state index in [0.717, 1.165) is 5.56 Å². The molecular formula is C21H20N2O6. The number of hydrogen-bond donors (Lipinski definition) is 1. The number of methoxy groups -OCH3 is 2. The third-order valence-electron chi connectivity index (χ3n) is 4.46. The fourth-order valence-corrected chi connectivity index (χ4v) is 3.06. The highest BCUT2D eigenvalue weighted by molar-refractivity contribution is 5.97. The van der Waals surface area contributed by atoms with Gasteiger partial charge in [0, 0.05) is 11.6 Å². The summed E-state index contributed by atoms with van der Waals surface area (Å²) >= 11 is 0. The zero-order valence-electron chi connectivity index (χ0n) is 16.1. The normalized spacial score (nSPS) is 12.3. The highest BCUT2D eigenvalue weighted by atomic mass is 16.6. The highest BCUT2D eigenvalue weighted by Gasteiger charge is 2.18. The van der Waals surface area contributed by atoms with Crippen molar-refractivity contribution in [2.75, 3.05) is 27.4 Å². The Balaban J connectivity index is 1.46. The van der Waals surface area contributed by atoms with E-state index in [2.05, 4.69) is 10.5 Å². The molecule has 3 aromatic rings. The number of nitrogens with zero attached hydrogens (tertiary/aromatic N) is 1. The molecule has 29 heavy (non-hydrogen) atoms. The summed E-state index contributed by atoms with van der Waals surface area (Å²) in [5.74, 6) is 2.52. The number of rotatable bonds is 6. The summed E-state index contributed by atoms with van der Waals surface area (Å²) in [6.45, 7) is 1.25. The highest BCUT2D eigenvalue weighted by Crippen LogP contribution is 2.35. The molecule has 1 aliphatic heterocycles. The van der Waals surface area contributed by atoms with E-state index in [1.807, 2.05) is 18.2 Å². The molecule has 0 spiro atoms. The standard InChI is InChI=1S/C21H20N2O6/c1-25-17-5-3-4-15(20(17)26-2)21(24)22-12-14-11-18(29-23-14)13-6-7-16-19(10-13)28-9-8-27-16/h3-7,10-11H,8-9,12H2,1-2H3,(H,22,24). The lowest BCUT2D eigenvalue weighted by Gasteiger charge is -2.18. The van der Waals surface area contributed by atoms with E-state index in [0.29, 0.717) is 53.2 Å². The smallest absolute Gasteiger partial charge is 0.255 e. The van der Waals surface area contributed by atoms with Gasteiger partial charge < -0.3 is 28.8 Å². The second kappa shape index (κ2) is 8.14. The number of carbonyl (C=O) groups excluding carboxylic acids is 1. The molecule has 0 saturated heterocycles. The Morgan fingerprint density at radius 2 is 1.90 bits per heavy atom. The van der Waals surface area contributed by atoms with E-state index in [4.69, 9.17) is 23.5 Å². The Morgan fingerprint density at radius 3 is 2.69 bits per heavy atom. The van der Waals surface area contributed by atoms with Crippen molar-refractivity contribution in [3.8, 4) is 34.3 Å². The van der Waals surface area contributed by atoms with Crippen LogP contribution in [0.5, 0.6) is 23.0 Å². The number of nitrogens with one attached hydrogen (secondary N) is 1. The molecule has 0 bridgehead atoms. The van der Waals surface area contributed by atoms with Crippen LogP contribution in [0.4, 0.5) is 0 Å². The van der Waals surface area contributed by atoms with E-state index in [-0.39, 0.29) is 12.5 Å². The maximum Gasteiger partial charge on any atom is 0.255 e. The average molecular weight is 396 g/mol. The van der Waals surface area contributed by atoms with E-state index >= 15 is 0 Å². The minimum absolute atomic E-state index is 0.202. The third-order valence-corrected chi connectivity index (χ3v) is 4.46. The number of amides is 1. The van der Waals surface area contributed by atoms with Gasteiger partial charge in [-0.25, -0.2) is 0 Å². The van der Waals surface area contributed by atoms with Crippen LogP contribution >= 0.6 is 0 Å². The Morgan fingerprint density at radius 1 is 1.07 bits per heavy atom. The first kappa shape index (κ1) is 18.7. The van der Waals surface area contributed by atoms with Crippen molar-refractivity contribution in [3.63, 3.8) is 0 Å². The van der Waals surface area contributed by atoms with Crippen LogP contribution in [0, 0.1) is 0 Å². The maximum atomic E-state index is 12.6. The van der Waals surface area contributed by atoms with Crippen molar-refractivity contribution in [3.05, 3.63) is 53.7 Å². The molecule has 1 aliphatic rings. The van der Waals surface area contributed by atoms with E-state index in [9.17, 15) is 4.79 Å². The Hall–Kier alpha value is -3.68. The molecule has 0 atom stereocenters. The van der Waals surface area contributed by atoms with Crippen LogP contribution < -0.4 is 24.3 Å². The maximum absolute atomic E-state index is 12.6. The van der Waals surface area contributed by atoms with Crippen LogP contribution in [0.3, 0.4) is 0 Å². The van der Waals surface area contributed by atoms with Crippen LogP contribution in [-0.2, 0) is 6.54 Å². The van der Waals surface area contributed by atoms with Gasteiger partial charge in [-0.2, -0.15) is 0 Å². The Kier molecular flexibility index (Phi) is 5.24. The molecule has 0 radical (unpaired) electrons. The predicted molar refractivity (Wildman–Crippen MR) is 104 cm³/mol. The summed E-state index contributed by atoms with van der Waals surface area (Å²) in [4.78, 5) is 12.6. The van der Waals surface area contributed by atoms with Gasteiger partial charge in [0.05, 0.1) is 26.3 Å². The van der Waals surface area contributed by atoms with Gasteiger partial charge in [0.1, 0.15) is 18.9 Å². The molecule has 1 aromatic heterocycles. The van der Waals surface area contributed by atoms with Crippen molar-refractivity contribution in [1.29, 1.82) is 0 Å². The zero-order chi connectivity index (χ0) is 20.2. The predicted octanol–water partition coefficient (Wildman–Crippen LogP) is 3.06. The molecular weight excluding hydrogens is 376 g/mol. The molecule has 2 heterocycles. The van der Waals surface area contributed by atoms with Crippen LogP contribution in [-0.4, -0.2) is 38.5 Å². The quantitative estimate of drug-likeness (QED) is 0.685. The number of hydrogen-bond acceptors (Lipinski definition) is 7. The number of para-hydroxylation sites is 1. The average Bonchev–Trinajstić information content (AvgIpc) is 3.25. The first-order valence-corrected chi connectivity index (χ1v) is 9.04. The minimum Gasteiger partial charge on any atom is -0.493 e. The molecule has 0 saturated carbocycles. The fourth-order valence-electron chi connectivity index (χ4n) is 3.06. The largest absolute Gasteiger partial charge is 0.493 e. The molecule has 2 aromatic carbocycles. The number of benzene rings is 2. The molecule has 150 valence electrons. The van der Waals surface area contributed by atoms with Gasteiger partial charge in [-0.15, -0.1) is 0 Å². The van der Waals surface area contributed by atoms with Gasteiger partial charge in [0.2, 0.25) is 0 Å². The third kappa shape index (κ3) is 3.82. The Labute approximate surface area is 167 Å². The van der Waals surface area contributed by atoms with Gasteiger partial charge >= 0.3 is 0 Å². The zero-order valence-corrected chi connectivity index (χ0v) is 16.1. The van der Waals surface area contributed by atoms with Crippen LogP contribution in [0.15, 0.2) is 47.0 Å². The minimum atomic E-state index is -0.301. The number of carbonyl (C=O) groups is 1. The molecule has 0 fully saturated rings. The number of aromatic nitrogens is 1. The first-order chi connectivity index (χ1) is 14.2. The SMILES string of the molecule is COc1cccc(C(=O)NCc2cc(-c3ccc4c(c3)OCCO4)on2)c1OC. The van der Waals surface area contributed by atoms with Crippen molar-refractivity contribution in [1.82, 2.24) is 10.5 Å². The molecule has 4 rings (SSSR count). The van der Waals surface area contributed by atoms with E-state index < -0.39 is 0 Å². The van der Waals surface area contributed by atoms with Crippen molar-refractivity contribution >= 4 is 5.91 Å². The lowest BCUT2D eigenvalue weighted by molar-refractivity contribution is 0.0946. The van der Waals surface area contributed by atoms with Crippen LogP contribution in [0.2, 0.25) is 0 Å². The summed E-state index contributed by atoms with van der Waals surface area (Å²) in [5.41, 5.74) is 1.78. The summed E-state index contributed by atoms with van der Waals surface area (Å²) in [5, 5.41) is 6.84. The van der Waals surface area contributed by atoms with E-state index in [1.54, 1.807) is 24.3 Å². The van der Waals surface area contributed by atoms with Gasteiger partial charge in [-0.1, -0.05) is 11.2 Å². The Bertz CT molecular complexity index is 1030. The summed E-state index contributed by atoms with van der Waals surface area (Å²) in [7, 11) is 3.01. The molecule has 8 heteroatoms. The van der Waals surface area contributed by atoms with Gasteiger partial charge in [-0.3, -0.25) is 4.79 Å². The summed E-state index contributed by atoms with van der Waals surface area (Å²) in [6, 6.07) is 12.5. The molecule has 1 N–H and O–H groups in total. The number of ether oxygens (including phenoxy) is 4. The fraction of sp³-hybridized carbons (Fsp3) is 0.238. The summed E-state index contributed by atoms with van der Waals surface area (Å²) < 4.78 is 27.1. The number of fused-ring (bicyclic) bond motifs is 1. The van der Waals surface area contributed by atoms with Crippen molar-refractivity contribution < 1.29 is 28.3 Å². The molecule has 0 aliphatic carbocycles. The van der Waals surface area contributed by atoms with E-state index in [1.165, 1.54) is 14.2 Å². The second-order valence-electron chi connectivity index (χ2n) is 6.26. The van der Waals surface area contributed by atoms with Crippen LogP contribution in [0.25, 0.3) is 11.3 Å². The van der Waals surface area contributed by atoms with Crippen LogP contribution in [0.1, 0.15) is 16.1 Å². The lowest BCUT2D eigenvalue weighted by Crippen LogP contribution is -2.23. The van der Waals surface area contributed by atoms with Gasteiger partial charge in [-0.05, 0) is 30.3 Å². The first-order valence-electron chi connectivity index (χ1n) is 9.04. The lowest BCUT2D eigenvalue weighted by atomic mass is 10.1. The molecule has 1 amide bonds.